The standard InChI is InChI=1S/C13H16F2N2O.ClH/c14-10-6-9(7-11(15)8-10)3-5-17-13(18)12-2-1-4-16-12;/h6-8,12,16H,1-5H2,(H,17,18);1H/t12-;/m0./s1. The lowest BCUT2D eigenvalue weighted by atomic mass is 10.1. The summed E-state index contributed by atoms with van der Waals surface area (Å²) in [6.45, 7) is 1.26. The van der Waals surface area contributed by atoms with Crippen molar-refractivity contribution in [3.8, 4) is 0 Å². The highest BCUT2D eigenvalue weighted by molar-refractivity contribution is 5.85. The average molecular weight is 291 g/mol. The molecule has 19 heavy (non-hydrogen) atoms. The molecule has 0 radical (unpaired) electrons. The molecular formula is C13H17ClF2N2O. The van der Waals surface area contributed by atoms with Gasteiger partial charge in [0, 0.05) is 12.6 Å². The molecule has 1 atom stereocenters. The molecule has 1 fully saturated rings. The van der Waals surface area contributed by atoms with Crippen LogP contribution in [0.2, 0.25) is 0 Å². The Bertz CT molecular complexity index is 416. The van der Waals surface area contributed by atoms with Crippen LogP contribution >= 0.6 is 12.4 Å². The molecule has 106 valence electrons. The van der Waals surface area contributed by atoms with E-state index in [2.05, 4.69) is 10.6 Å². The fourth-order valence-corrected chi connectivity index (χ4v) is 2.12. The van der Waals surface area contributed by atoms with E-state index in [0.29, 0.717) is 18.5 Å². The summed E-state index contributed by atoms with van der Waals surface area (Å²) in [5.74, 6) is -1.22. The van der Waals surface area contributed by atoms with Gasteiger partial charge >= 0.3 is 0 Å². The van der Waals surface area contributed by atoms with Gasteiger partial charge in [0.1, 0.15) is 11.6 Å². The van der Waals surface area contributed by atoms with E-state index in [-0.39, 0.29) is 24.4 Å². The SMILES string of the molecule is Cl.O=C(NCCc1cc(F)cc(F)c1)[C@@H]1CCCN1. The summed E-state index contributed by atoms with van der Waals surface area (Å²) in [7, 11) is 0. The van der Waals surface area contributed by atoms with E-state index in [4.69, 9.17) is 0 Å². The van der Waals surface area contributed by atoms with Crippen molar-refractivity contribution in [1.29, 1.82) is 0 Å². The third kappa shape index (κ3) is 4.76. The van der Waals surface area contributed by atoms with Crippen molar-refractivity contribution >= 4 is 18.3 Å². The minimum atomic E-state index is -0.589. The van der Waals surface area contributed by atoms with Gasteiger partial charge in [-0.2, -0.15) is 0 Å². The Labute approximate surface area is 117 Å². The second-order valence-corrected chi connectivity index (χ2v) is 4.47. The number of amides is 1. The highest BCUT2D eigenvalue weighted by atomic mass is 35.5. The van der Waals surface area contributed by atoms with Crippen LogP contribution < -0.4 is 10.6 Å². The number of hydrogen-bond donors (Lipinski definition) is 2. The van der Waals surface area contributed by atoms with E-state index < -0.39 is 11.6 Å². The fraction of sp³-hybridized carbons (Fsp3) is 0.462. The first-order valence-electron chi connectivity index (χ1n) is 6.11. The molecule has 0 aromatic heterocycles. The predicted molar refractivity (Wildman–Crippen MR) is 71.3 cm³/mol. The van der Waals surface area contributed by atoms with Gasteiger partial charge in [-0.1, -0.05) is 0 Å². The van der Waals surface area contributed by atoms with Gasteiger partial charge in [0.15, 0.2) is 0 Å². The highest BCUT2D eigenvalue weighted by Gasteiger charge is 2.21. The van der Waals surface area contributed by atoms with Gasteiger partial charge in [0.05, 0.1) is 6.04 Å². The third-order valence-corrected chi connectivity index (χ3v) is 3.01. The summed E-state index contributed by atoms with van der Waals surface area (Å²) in [5, 5.41) is 5.86. The summed E-state index contributed by atoms with van der Waals surface area (Å²) in [6.07, 6.45) is 2.28. The molecule has 1 amide bonds. The molecule has 3 nitrogen and oxygen atoms in total. The predicted octanol–water partition coefficient (Wildman–Crippen LogP) is 1.80. The summed E-state index contributed by atoms with van der Waals surface area (Å²) in [4.78, 5) is 11.6. The van der Waals surface area contributed by atoms with Crippen molar-refractivity contribution in [3.05, 3.63) is 35.4 Å². The van der Waals surface area contributed by atoms with Gasteiger partial charge in [-0.25, -0.2) is 8.78 Å². The molecule has 0 saturated carbocycles. The van der Waals surface area contributed by atoms with Crippen LogP contribution in [0.5, 0.6) is 0 Å². The maximum absolute atomic E-state index is 12.9. The molecule has 1 heterocycles. The number of hydrogen-bond acceptors (Lipinski definition) is 2. The van der Waals surface area contributed by atoms with Crippen LogP contribution in [0.4, 0.5) is 8.78 Å². The second kappa shape index (κ2) is 7.40. The Morgan fingerprint density at radius 1 is 1.32 bits per heavy atom. The van der Waals surface area contributed by atoms with E-state index in [1.807, 2.05) is 0 Å². The zero-order valence-corrected chi connectivity index (χ0v) is 11.2. The average Bonchev–Trinajstić information content (AvgIpc) is 2.80. The van der Waals surface area contributed by atoms with Gasteiger partial charge < -0.3 is 10.6 Å². The number of rotatable bonds is 4. The van der Waals surface area contributed by atoms with E-state index in [9.17, 15) is 13.6 Å². The Balaban J connectivity index is 0.00000180. The molecule has 2 rings (SSSR count). The maximum Gasteiger partial charge on any atom is 0.237 e. The smallest absolute Gasteiger partial charge is 0.237 e. The second-order valence-electron chi connectivity index (χ2n) is 4.47. The molecule has 0 bridgehead atoms. The number of carbonyl (C=O) groups is 1. The topological polar surface area (TPSA) is 41.1 Å². The molecule has 1 saturated heterocycles. The number of carbonyl (C=O) groups excluding carboxylic acids is 1. The minimum Gasteiger partial charge on any atom is -0.354 e. The molecule has 2 N–H and O–H groups in total. The van der Waals surface area contributed by atoms with Crippen LogP contribution in [-0.4, -0.2) is 25.0 Å². The molecular weight excluding hydrogens is 274 g/mol. The largest absolute Gasteiger partial charge is 0.354 e. The molecule has 0 unspecified atom stereocenters. The van der Waals surface area contributed by atoms with Crippen molar-refractivity contribution in [2.24, 2.45) is 0 Å². The van der Waals surface area contributed by atoms with Gasteiger partial charge in [0.2, 0.25) is 5.91 Å². The lowest BCUT2D eigenvalue weighted by Gasteiger charge is -2.11. The Morgan fingerprint density at radius 3 is 2.58 bits per heavy atom. The van der Waals surface area contributed by atoms with Gasteiger partial charge in [-0.3, -0.25) is 4.79 Å². The summed E-state index contributed by atoms with van der Waals surface area (Å²) >= 11 is 0. The first kappa shape index (κ1) is 15.9. The van der Waals surface area contributed by atoms with Crippen LogP contribution in [0.1, 0.15) is 18.4 Å². The Kier molecular flexibility index (Phi) is 6.18. The zero-order chi connectivity index (χ0) is 13.0. The van der Waals surface area contributed by atoms with Crippen molar-refractivity contribution in [2.75, 3.05) is 13.1 Å². The molecule has 0 aliphatic carbocycles. The first-order valence-corrected chi connectivity index (χ1v) is 6.11. The normalized spacial score (nSPS) is 17.9. The highest BCUT2D eigenvalue weighted by Crippen LogP contribution is 2.08. The molecule has 1 aliphatic rings. The molecule has 0 spiro atoms. The van der Waals surface area contributed by atoms with Crippen molar-refractivity contribution in [3.63, 3.8) is 0 Å². The number of halogens is 3. The quantitative estimate of drug-likeness (QED) is 0.888. The lowest BCUT2D eigenvalue weighted by Crippen LogP contribution is -2.41. The van der Waals surface area contributed by atoms with Crippen molar-refractivity contribution in [1.82, 2.24) is 10.6 Å². The fourth-order valence-electron chi connectivity index (χ4n) is 2.12. The zero-order valence-electron chi connectivity index (χ0n) is 10.4. The van der Waals surface area contributed by atoms with Gasteiger partial charge in [-0.15, -0.1) is 12.4 Å². The summed E-state index contributed by atoms with van der Waals surface area (Å²) < 4.78 is 25.8. The van der Waals surface area contributed by atoms with Crippen LogP contribution in [0.15, 0.2) is 18.2 Å². The van der Waals surface area contributed by atoms with Crippen LogP contribution in [0.3, 0.4) is 0 Å². The molecule has 1 aromatic rings. The van der Waals surface area contributed by atoms with Crippen LogP contribution in [0, 0.1) is 11.6 Å². The van der Waals surface area contributed by atoms with Gasteiger partial charge in [-0.05, 0) is 43.5 Å². The van der Waals surface area contributed by atoms with Crippen molar-refractivity contribution in [2.45, 2.75) is 25.3 Å². The molecule has 6 heteroatoms. The maximum atomic E-state index is 12.9. The molecule has 1 aliphatic heterocycles. The lowest BCUT2D eigenvalue weighted by molar-refractivity contribution is -0.122. The van der Waals surface area contributed by atoms with Crippen molar-refractivity contribution < 1.29 is 13.6 Å². The Hall–Kier alpha value is -1.20. The third-order valence-electron chi connectivity index (χ3n) is 3.01. The first-order chi connectivity index (χ1) is 8.65. The van der Waals surface area contributed by atoms with Gasteiger partial charge in [0.25, 0.3) is 0 Å². The summed E-state index contributed by atoms with van der Waals surface area (Å²) in [5.41, 5.74) is 0.548. The van der Waals surface area contributed by atoms with Crippen LogP contribution in [0.25, 0.3) is 0 Å². The number of benzene rings is 1. The van der Waals surface area contributed by atoms with E-state index in [1.165, 1.54) is 12.1 Å². The summed E-state index contributed by atoms with van der Waals surface area (Å²) in [6, 6.07) is 3.28. The van der Waals surface area contributed by atoms with E-state index in [0.717, 1.165) is 25.5 Å². The van der Waals surface area contributed by atoms with E-state index >= 15 is 0 Å². The minimum absolute atomic E-state index is 0. The monoisotopic (exact) mass is 290 g/mol. The van der Waals surface area contributed by atoms with E-state index in [1.54, 1.807) is 0 Å². The molecule has 1 aromatic carbocycles. The number of nitrogens with one attached hydrogen (secondary N) is 2. The van der Waals surface area contributed by atoms with Crippen LogP contribution in [-0.2, 0) is 11.2 Å². The Morgan fingerprint density at radius 2 is 2.00 bits per heavy atom.